The highest BCUT2D eigenvalue weighted by atomic mass is 16.4. The van der Waals surface area contributed by atoms with Crippen LogP contribution in [0.25, 0.3) is 0 Å². The fourth-order valence-corrected chi connectivity index (χ4v) is 1.85. The average molecular weight is 274 g/mol. The van der Waals surface area contributed by atoms with Crippen LogP contribution in [0, 0.1) is 19.8 Å². The molecule has 2 aromatic rings. The van der Waals surface area contributed by atoms with Crippen LogP contribution < -0.4 is 10.6 Å². The topological polar surface area (TPSA) is 63.0 Å². The zero-order chi connectivity index (χ0) is 14.5. The second-order valence-electron chi connectivity index (χ2n) is 5.40. The van der Waals surface area contributed by atoms with Crippen LogP contribution in [-0.2, 0) is 6.54 Å². The maximum Gasteiger partial charge on any atom is 0.320 e. The van der Waals surface area contributed by atoms with Crippen molar-refractivity contribution in [2.75, 3.05) is 11.9 Å². The van der Waals surface area contributed by atoms with Crippen molar-refractivity contribution in [3.63, 3.8) is 0 Å². The third kappa shape index (κ3) is 3.81. The van der Waals surface area contributed by atoms with Crippen LogP contribution in [0.1, 0.15) is 30.9 Å². The van der Waals surface area contributed by atoms with Crippen LogP contribution in [-0.4, -0.2) is 16.7 Å². The smallest absolute Gasteiger partial charge is 0.320 e. The van der Waals surface area contributed by atoms with Crippen molar-refractivity contribution in [3.8, 4) is 0 Å². The summed E-state index contributed by atoms with van der Waals surface area (Å²) in [6.07, 6.45) is 0. The van der Waals surface area contributed by atoms with E-state index >= 15 is 0 Å². The Hall–Kier alpha value is -1.88. The molecule has 5 nitrogen and oxygen atoms in total. The fourth-order valence-electron chi connectivity index (χ4n) is 1.85. The van der Waals surface area contributed by atoms with Crippen molar-refractivity contribution in [1.82, 2.24) is 15.5 Å². The summed E-state index contributed by atoms with van der Waals surface area (Å²) in [5.41, 5.74) is 3.41. The van der Waals surface area contributed by atoms with Crippen molar-refractivity contribution in [3.05, 3.63) is 35.2 Å². The first-order valence-corrected chi connectivity index (χ1v) is 6.92. The first-order chi connectivity index (χ1) is 9.56. The van der Waals surface area contributed by atoms with Gasteiger partial charge in [-0.3, -0.25) is 0 Å². The number of nitrogens with zero attached hydrogens (tertiary/aromatic N) is 2. The first-order valence-electron chi connectivity index (χ1n) is 6.92. The molecule has 20 heavy (non-hydrogen) atoms. The number of nitrogens with one attached hydrogen (secondary N) is 2. The molecule has 0 amide bonds. The Kier molecular flexibility index (Phi) is 4.74. The Balaban J connectivity index is 1.97. The number of rotatable bonds is 6. The minimum Gasteiger partial charge on any atom is -0.406 e. The predicted molar refractivity (Wildman–Crippen MR) is 80.0 cm³/mol. The molecule has 2 N–H and O–H groups in total. The average Bonchev–Trinajstić information content (AvgIpc) is 2.82. The van der Waals surface area contributed by atoms with Gasteiger partial charge in [-0.05, 0) is 43.5 Å². The van der Waals surface area contributed by atoms with Crippen LogP contribution in [0.2, 0.25) is 0 Å². The maximum atomic E-state index is 5.57. The molecule has 0 spiro atoms. The molecule has 0 saturated carbocycles. The molecule has 0 aliphatic rings. The highest BCUT2D eigenvalue weighted by Crippen LogP contribution is 2.21. The summed E-state index contributed by atoms with van der Waals surface area (Å²) >= 11 is 0. The number of aromatic nitrogens is 2. The lowest BCUT2D eigenvalue weighted by molar-refractivity contribution is 0.460. The normalized spacial score (nSPS) is 11.1. The molecule has 1 aromatic carbocycles. The maximum absolute atomic E-state index is 5.57. The second-order valence-corrected chi connectivity index (χ2v) is 5.40. The Morgan fingerprint density at radius 3 is 2.75 bits per heavy atom. The molecule has 5 heteroatoms. The van der Waals surface area contributed by atoms with Crippen LogP contribution in [0.3, 0.4) is 0 Å². The van der Waals surface area contributed by atoms with Crippen LogP contribution in [0.4, 0.5) is 11.7 Å². The largest absolute Gasteiger partial charge is 0.406 e. The van der Waals surface area contributed by atoms with Gasteiger partial charge in [0.25, 0.3) is 0 Å². The standard InChI is InChI=1S/C15H22N4O/c1-10(2)8-16-9-14-18-19-15(20-14)17-13-7-5-6-11(3)12(13)4/h5-7,10,16H,8-9H2,1-4H3,(H,17,19). The van der Waals surface area contributed by atoms with Gasteiger partial charge < -0.3 is 15.1 Å². The van der Waals surface area contributed by atoms with Crippen LogP contribution >= 0.6 is 0 Å². The van der Waals surface area contributed by atoms with Crippen LogP contribution in [0.5, 0.6) is 0 Å². The molecule has 0 unspecified atom stereocenters. The van der Waals surface area contributed by atoms with E-state index in [0.717, 1.165) is 12.2 Å². The molecular weight excluding hydrogens is 252 g/mol. The van der Waals surface area contributed by atoms with Crippen molar-refractivity contribution in [2.24, 2.45) is 5.92 Å². The fraction of sp³-hybridized carbons (Fsp3) is 0.467. The molecule has 0 fully saturated rings. The van der Waals surface area contributed by atoms with E-state index in [4.69, 9.17) is 4.42 Å². The van der Waals surface area contributed by atoms with E-state index in [0.29, 0.717) is 24.4 Å². The van der Waals surface area contributed by atoms with Gasteiger partial charge in [0.2, 0.25) is 5.89 Å². The van der Waals surface area contributed by atoms with E-state index < -0.39 is 0 Å². The molecule has 0 bridgehead atoms. The predicted octanol–water partition coefficient (Wildman–Crippen LogP) is 3.18. The third-order valence-electron chi connectivity index (χ3n) is 3.14. The quantitative estimate of drug-likeness (QED) is 0.847. The highest BCUT2D eigenvalue weighted by Gasteiger charge is 2.08. The van der Waals surface area contributed by atoms with Gasteiger partial charge in [-0.2, -0.15) is 0 Å². The number of benzene rings is 1. The molecule has 0 aliphatic heterocycles. The zero-order valence-electron chi connectivity index (χ0n) is 12.5. The van der Waals surface area contributed by atoms with Crippen molar-refractivity contribution in [2.45, 2.75) is 34.2 Å². The summed E-state index contributed by atoms with van der Waals surface area (Å²) in [5.74, 6) is 1.20. The summed E-state index contributed by atoms with van der Waals surface area (Å²) in [5, 5.41) is 14.5. The van der Waals surface area contributed by atoms with Gasteiger partial charge in [0, 0.05) is 5.69 Å². The van der Waals surface area contributed by atoms with E-state index in [9.17, 15) is 0 Å². The molecule has 1 heterocycles. The second kappa shape index (κ2) is 6.52. The molecule has 1 aromatic heterocycles. The summed E-state index contributed by atoms with van der Waals surface area (Å²) in [6.45, 7) is 10.00. The molecule has 0 atom stereocenters. The Morgan fingerprint density at radius 2 is 2.00 bits per heavy atom. The SMILES string of the molecule is Cc1cccc(Nc2nnc(CNCC(C)C)o2)c1C. The van der Waals surface area contributed by atoms with E-state index in [1.807, 2.05) is 12.1 Å². The van der Waals surface area contributed by atoms with Gasteiger partial charge in [0.1, 0.15) is 0 Å². The van der Waals surface area contributed by atoms with Crippen molar-refractivity contribution >= 4 is 11.7 Å². The summed E-state index contributed by atoms with van der Waals surface area (Å²) in [7, 11) is 0. The summed E-state index contributed by atoms with van der Waals surface area (Å²) < 4.78 is 5.57. The molecule has 0 radical (unpaired) electrons. The van der Waals surface area contributed by atoms with Gasteiger partial charge in [-0.15, -0.1) is 5.10 Å². The van der Waals surface area contributed by atoms with Gasteiger partial charge in [0.15, 0.2) is 0 Å². The van der Waals surface area contributed by atoms with Crippen molar-refractivity contribution in [1.29, 1.82) is 0 Å². The lowest BCUT2D eigenvalue weighted by atomic mass is 10.1. The Bertz CT molecular complexity index is 563. The van der Waals surface area contributed by atoms with Crippen LogP contribution in [0.15, 0.2) is 22.6 Å². The summed E-state index contributed by atoms with van der Waals surface area (Å²) in [4.78, 5) is 0. The highest BCUT2D eigenvalue weighted by molar-refractivity contribution is 5.59. The van der Waals surface area contributed by atoms with E-state index in [-0.39, 0.29) is 0 Å². The lowest BCUT2D eigenvalue weighted by Gasteiger charge is -2.07. The number of anilines is 2. The minimum absolute atomic E-state index is 0.431. The zero-order valence-corrected chi connectivity index (χ0v) is 12.5. The van der Waals surface area contributed by atoms with E-state index in [1.165, 1.54) is 11.1 Å². The van der Waals surface area contributed by atoms with E-state index in [1.54, 1.807) is 0 Å². The van der Waals surface area contributed by atoms with Crippen molar-refractivity contribution < 1.29 is 4.42 Å². The first kappa shape index (κ1) is 14.5. The minimum atomic E-state index is 0.431. The lowest BCUT2D eigenvalue weighted by Crippen LogP contribution is -2.19. The number of hydrogen-bond acceptors (Lipinski definition) is 5. The van der Waals surface area contributed by atoms with Gasteiger partial charge in [-0.25, -0.2) is 0 Å². The number of aryl methyl sites for hydroxylation is 1. The summed E-state index contributed by atoms with van der Waals surface area (Å²) in [6, 6.07) is 6.52. The van der Waals surface area contributed by atoms with Gasteiger partial charge in [0.05, 0.1) is 6.54 Å². The van der Waals surface area contributed by atoms with Gasteiger partial charge >= 0.3 is 6.01 Å². The monoisotopic (exact) mass is 274 g/mol. The van der Waals surface area contributed by atoms with E-state index in [2.05, 4.69) is 54.6 Å². The Morgan fingerprint density at radius 1 is 1.20 bits per heavy atom. The molecule has 108 valence electrons. The number of hydrogen-bond donors (Lipinski definition) is 2. The third-order valence-corrected chi connectivity index (χ3v) is 3.14. The molecule has 2 rings (SSSR count). The molecule has 0 saturated heterocycles. The molecule has 0 aliphatic carbocycles. The van der Waals surface area contributed by atoms with Gasteiger partial charge in [-0.1, -0.05) is 31.1 Å². The molecular formula is C15H22N4O. The Labute approximate surface area is 119 Å².